The second-order valence-corrected chi connectivity index (χ2v) is 8.22. The number of rotatable bonds is 8. The Balaban J connectivity index is 2.17. The summed E-state index contributed by atoms with van der Waals surface area (Å²) in [5, 5.41) is 14.8. The molecule has 3 atom stereocenters. The van der Waals surface area contributed by atoms with Crippen molar-refractivity contribution in [2.75, 3.05) is 13.9 Å². The topological polar surface area (TPSA) is 132 Å². The van der Waals surface area contributed by atoms with Crippen molar-refractivity contribution in [2.24, 2.45) is 0 Å². The van der Waals surface area contributed by atoms with Crippen LogP contribution in [0, 0.1) is 0 Å². The number of carbonyl (C=O) groups is 3. The van der Waals surface area contributed by atoms with Gasteiger partial charge in [-0.25, -0.2) is 14.4 Å². The highest BCUT2D eigenvalue weighted by Gasteiger charge is 2.39. The summed E-state index contributed by atoms with van der Waals surface area (Å²) in [6.07, 6.45) is -1.04. The number of ether oxygens (including phenoxy) is 4. The number of alkyl carbamates (subject to hydrolysis) is 2. The van der Waals surface area contributed by atoms with E-state index in [0.717, 1.165) is 5.56 Å². The molecule has 32 heavy (non-hydrogen) atoms. The van der Waals surface area contributed by atoms with Crippen LogP contribution < -0.4 is 10.6 Å². The Morgan fingerprint density at radius 1 is 1.09 bits per heavy atom. The van der Waals surface area contributed by atoms with E-state index in [4.69, 9.17) is 18.9 Å². The van der Waals surface area contributed by atoms with Crippen molar-refractivity contribution in [3.05, 3.63) is 47.5 Å². The van der Waals surface area contributed by atoms with Gasteiger partial charge in [0.15, 0.2) is 0 Å². The third kappa shape index (κ3) is 8.20. The Morgan fingerprint density at radius 3 is 2.38 bits per heavy atom. The van der Waals surface area contributed by atoms with Crippen molar-refractivity contribution in [3.63, 3.8) is 0 Å². The molecule has 1 aliphatic rings. The van der Waals surface area contributed by atoms with Crippen molar-refractivity contribution in [3.8, 4) is 0 Å². The average molecular weight is 450 g/mol. The second kappa shape index (κ2) is 11.5. The summed E-state index contributed by atoms with van der Waals surface area (Å²) in [6.45, 7) is 5.03. The Morgan fingerprint density at radius 2 is 1.78 bits per heavy atom. The number of benzene rings is 1. The Bertz CT molecular complexity index is 819. The first-order chi connectivity index (χ1) is 15.1. The van der Waals surface area contributed by atoms with Crippen LogP contribution in [0.15, 0.2) is 42.0 Å². The van der Waals surface area contributed by atoms with Crippen LogP contribution in [0.5, 0.6) is 0 Å². The zero-order valence-electron chi connectivity index (χ0n) is 18.6. The minimum Gasteiger partial charge on any atom is -0.478 e. The van der Waals surface area contributed by atoms with E-state index < -0.39 is 41.9 Å². The number of nitrogens with one attached hydrogen (secondary N) is 2. The maximum absolute atomic E-state index is 12.4. The van der Waals surface area contributed by atoms with Gasteiger partial charge in [-0.15, -0.1) is 0 Å². The average Bonchev–Trinajstić information content (AvgIpc) is 2.71. The van der Waals surface area contributed by atoms with Crippen molar-refractivity contribution < 1.29 is 38.4 Å². The summed E-state index contributed by atoms with van der Waals surface area (Å²) >= 11 is 0. The van der Waals surface area contributed by atoms with E-state index in [1.165, 1.54) is 13.2 Å². The van der Waals surface area contributed by atoms with Crippen LogP contribution in [0.1, 0.15) is 32.8 Å². The number of carbonyl (C=O) groups excluding carboxylic acids is 2. The lowest BCUT2D eigenvalue weighted by atomic mass is 9.88. The van der Waals surface area contributed by atoms with Crippen LogP contribution >= 0.6 is 0 Å². The smallest absolute Gasteiger partial charge is 0.408 e. The molecule has 2 amide bonds. The van der Waals surface area contributed by atoms with Crippen LogP contribution in [-0.2, 0) is 30.3 Å². The third-order valence-electron chi connectivity index (χ3n) is 4.45. The van der Waals surface area contributed by atoms with Crippen LogP contribution in [-0.4, -0.2) is 61.0 Å². The summed E-state index contributed by atoms with van der Waals surface area (Å²) in [6, 6.07) is 7.44. The fourth-order valence-electron chi connectivity index (χ4n) is 3.10. The summed E-state index contributed by atoms with van der Waals surface area (Å²) in [5.74, 6) is -1.16. The fraction of sp³-hybridized carbons (Fsp3) is 0.500. The number of carboxylic acid groups (broad SMARTS) is 1. The third-order valence-corrected chi connectivity index (χ3v) is 4.45. The highest BCUT2D eigenvalue weighted by Crippen LogP contribution is 2.23. The van der Waals surface area contributed by atoms with Crippen LogP contribution in [0.2, 0.25) is 0 Å². The molecule has 2 rings (SSSR count). The van der Waals surface area contributed by atoms with Gasteiger partial charge in [0.2, 0.25) is 0 Å². The molecule has 0 saturated heterocycles. The Labute approximate surface area is 186 Å². The molecule has 10 nitrogen and oxygen atoms in total. The highest BCUT2D eigenvalue weighted by atomic mass is 16.7. The summed E-state index contributed by atoms with van der Waals surface area (Å²) in [5.41, 5.74) is 0.0742. The first kappa shape index (κ1) is 25.2. The lowest BCUT2D eigenvalue weighted by molar-refractivity contribution is -0.133. The predicted molar refractivity (Wildman–Crippen MR) is 114 cm³/mol. The highest BCUT2D eigenvalue weighted by molar-refractivity contribution is 5.87. The van der Waals surface area contributed by atoms with E-state index in [-0.39, 0.29) is 25.4 Å². The van der Waals surface area contributed by atoms with Gasteiger partial charge in [-0.2, -0.15) is 0 Å². The number of methoxy groups -OCH3 is 1. The quantitative estimate of drug-likeness (QED) is 0.515. The maximum Gasteiger partial charge on any atom is 0.408 e. The van der Waals surface area contributed by atoms with E-state index in [0.29, 0.717) is 0 Å². The zero-order chi connectivity index (χ0) is 23.7. The monoisotopic (exact) mass is 450 g/mol. The first-order valence-electron chi connectivity index (χ1n) is 10.1. The van der Waals surface area contributed by atoms with Gasteiger partial charge >= 0.3 is 18.2 Å². The minimum absolute atomic E-state index is 0.0294. The molecule has 0 aliphatic heterocycles. The number of amides is 2. The lowest BCUT2D eigenvalue weighted by Gasteiger charge is -2.37. The predicted octanol–water partition coefficient (Wildman–Crippen LogP) is 2.58. The molecule has 0 saturated carbocycles. The van der Waals surface area contributed by atoms with Crippen molar-refractivity contribution in [2.45, 2.75) is 57.6 Å². The summed E-state index contributed by atoms with van der Waals surface area (Å²) < 4.78 is 21.1. The van der Waals surface area contributed by atoms with Gasteiger partial charge in [-0.1, -0.05) is 30.3 Å². The lowest BCUT2D eigenvalue weighted by Crippen LogP contribution is -2.60. The van der Waals surface area contributed by atoms with Crippen molar-refractivity contribution >= 4 is 18.2 Å². The molecular weight excluding hydrogens is 420 g/mol. The molecular formula is C22H30N2O8. The standard InChI is InChI=1S/C22H30N2O8/c1-22(2,3)32-21(28)24-18-16(10-15(19(25)26)11-17(18)31-13-29-4)23-20(27)30-12-14-8-6-5-7-9-14/h5-9,11,16-18H,10,12-13H2,1-4H3,(H,23,27)(H,24,28)(H,25,26)/t16-,17+,18+/m0/s1. The van der Waals surface area contributed by atoms with Gasteiger partial charge in [-0.05, 0) is 32.4 Å². The maximum atomic E-state index is 12.4. The molecule has 0 bridgehead atoms. The number of hydrogen-bond donors (Lipinski definition) is 3. The number of hydrogen-bond acceptors (Lipinski definition) is 7. The van der Waals surface area contributed by atoms with E-state index in [1.807, 2.05) is 18.2 Å². The molecule has 0 unspecified atom stereocenters. The zero-order valence-corrected chi connectivity index (χ0v) is 18.6. The van der Waals surface area contributed by atoms with Gasteiger partial charge in [0, 0.05) is 19.1 Å². The van der Waals surface area contributed by atoms with E-state index in [1.54, 1.807) is 32.9 Å². The summed E-state index contributed by atoms with van der Waals surface area (Å²) in [7, 11) is 1.41. The van der Waals surface area contributed by atoms with Gasteiger partial charge in [0.1, 0.15) is 25.1 Å². The van der Waals surface area contributed by atoms with Crippen LogP contribution in [0.25, 0.3) is 0 Å². The van der Waals surface area contributed by atoms with E-state index in [2.05, 4.69) is 10.6 Å². The molecule has 1 aliphatic carbocycles. The van der Waals surface area contributed by atoms with Gasteiger partial charge in [-0.3, -0.25) is 0 Å². The largest absolute Gasteiger partial charge is 0.478 e. The van der Waals surface area contributed by atoms with E-state index in [9.17, 15) is 19.5 Å². The second-order valence-electron chi connectivity index (χ2n) is 8.22. The number of carboxylic acids is 1. The molecule has 0 heterocycles. The molecule has 1 aromatic rings. The molecule has 3 N–H and O–H groups in total. The van der Waals surface area contributed by atoms with Crippen LogP contribution in [0.4, 0.5) is 9.59 Å². The van der Waals surface area contributed by atoms with Crippen molar-refractivity contribution in [1.82, 2.24) is 10.6 Å². The Hall–Kier alpha value is -3.11. The fourth-order valence-corrected chi connectivity index (χ4v) is 3.10. The first-order valence-corrected chi connectivity index (χ1v) is 10.1. The normalized spacial score (nSPS) is 20.6. The molecule has 10 heteroatoms. The van der Waals surface area contributed by atoms with E-state index >= 15 is 0 Å². The number of aliphatic carboxylic acids is 1. The van der Waals surface area contributed by atoms with Gasteiger partial charge in [0.25, 0.3) is 0 Å². The molecule has 0 fully saturated rings. The molecule has 1 aromatic carbocycles. The summed E-state index contributed by atoms with van der Waals surface area (Å²) in [4.78, 5) is 36.5. The van der Waals surface area contributed by atoms with Gasteiger partial charge in [0.05, 0.1) is 12.1 Å². The van der Waals surface area contributed by atoms with Crippen LogP contribution in [0.3, 0.4) is 0 Å². The minimum atomic E-state index is -1.16. The molecule has 0 spiro atoms. The molecule has 0 radical (unpaired) electrons. The SMILES string of the molecule is COCO[C@@H]1C=C(C(=O)O)C[C@H](NC(=O)OCc2ccccc2)[C@H]1NC(=O)OC(C)(C)C. The van der Waals surface area contributed by atoms with Crippen molar-refractivity contribution in [1.29, 1.82) is 0 Å². The molecule has 176 valence electrons. The molecule has 0 aromatic heterocycles. The van der Waals surface area contributed by atoms with Gasteiger partial charge < -0.3 is 34.7 Å². The Kier molecular flexibility index (Phi) is 9.03.